The molecule has 6 heteroatoms. The molecule has 0 radical (unpaired) electrons. The van der Waals surface area contributed by atoms with Crippen molar-refractivity contribution < 1.29 is 13.2 Å². The Bertz CT molecular complexity index is 614. The van der Waals surface area contributed by atoms with Crippen molar-refractivity contribution in [3.63, 3.8) is 0 Å². The molecule has 0 unspecified atom stereocenters. The molecule has 0 aromatic heterocycles. The number of amides is 1. The van der Waals surface area contributed by atoms with E-state index in [0.29, 0.717) is 19.0 Å². The SMILES string of the molecule is CC(C)[C@@H](C)NC(=O)[C@H](c1ccccc1)N1CCS(=O)(=O)CC1. The third kappa shape index (κ3) is 4.78. The lowest BCUT2D eigenvalue weighted by atomic mass is 10.0. The molecule has 1 aliphatic heterocycles. The van der Waals surface area contributed by atoms with E-state index >= 15 is 0 Å². The summed E-state index contributed by atoms with van der Waals surface area (Å²) in [5.74, 6) is 0.515. The van der Waals surface area contributed by atoms with Gasteiger partial charge in [-0.05, 0) is 18.4 Å². The van der Waals surface area contributed by atoms with E-state index in [1.165, 1.54) is 0 Å². The van der Waals surface area contributed by atoms with Gasteiger partial charge in [0.05, 0.1) is 11.5 Å². The summed E-state index contributed by atoms with van der Waals surface area (Å²) in [5.41, 5.74) is 0.903. The molecule has 23 heavy (non-hydrogen) atoms. The summed E-state index contributed by atoms with van der Waals surface area (Å²) in [4.78, 5) is 14.8. The molecule has 1 aromatic carbocycles. The zero-order valence-electron chi connectivity index (χ0n) is 14.0. The maximum atomic E-state index is 12.8. The summed E-state index contributed by atoms with van der Waals surface area (Å²) in [6, 6.07) is 9.20. The van der Waals surface area contributed by atoms with E-state index in [-0.39, 0.29) is 23.5 Å². The van der Waals surface area contributed by atoms with Gasteiger partial charge in [0, 0.05) is 19.1 Å². The van der Waals surface area contributed by atoms with Crippen molar-refractivity contribution in [2.45, 2.75) is 32.9 Å². The Morgan fingerprint density at radius 1 is 1.09 bits per heavy atom. The second-order valence-corrected chi connectivity index (χ2v) is 8.85. The van der Waals surface area contributed by atoms with Crippen molar-refractivity contribution in [2.75, 3.05) is 24.6 Å². The van der Waals surface area contributed by atoms with Crippen LogP contribution >= 0.6 is 0 Å². The maximum absolute atomic E-state index is 12.8. The third-order valence-electron chi connectivity index (χ3n) is 4.48. The zero-order valence-corrected chi connectivity index (χ0v) is 14.8. The average Bonchev–Trinajstić information content (AvgIpc) is 2.50. The fourth-order valence-corrected chi connectivity index (χ4v) is 3.85. The number of hydrogen-bond donors (Lipinski definition) is 1. The molecule has 1 heterocycles. The van der Waals surface area contributed by atoms with Crippen LogP contribution in [-0.2, 0) is 14.6 Å². The van der Waals surface area contributed by atoms with Gasteiger partial charge in [0.1, 0.15) is 6.04 Å². The van der Waals surface area contributed by atoms with Gasteiger partial charge in [-0.3, -0.25) is 9.69 Å². The van der Waals surface area contributed by atoms with Crippen LogP contribution in [0.5, 0.6) is 0 Å². The molecule has 0 spiro atoms. The van der Waals surface area contributed by atoms with Crippen molar-refractivity contribution in [3.05, 3.63) is 35.9 Å². The van der Waals surface area contributed by atoms with Crippen molar-refractivity contribution in [1.82, 2.24) is 10.2 Å². The average molecular weight is 338 g/mol. The van der Waals surface area contributed by atoms with Crippen molar-refractivity contribution in [3.8, 4) is 0 Å². The van der Waals surface area contributed by atoms with E-state index < -0.39 is 15.9 Å². The Kier molecular flexibility index (Phi) is 5.81. The lowest BCUT2D eigenvalue weighted by Crippen LogP contribution is -2.49. The number of carbonyl (C=O) groups is 1. The van der Waals surface area contributed by atoms with Crippen LogP contribution in [0.4, 0.5) is 0 Å². The molecule has 0 aliphatic carbocycles. The molecule has 0 bridgehead atoms. The van der Waals surface area contributed by atoms with Crippen molar-refractivity contribution in [1.29, 1.82) is 0 Å². The van der Waals surface area contributed by atoms with Gasteiger partial charge in [0.15, 0.2) is 9.84 Å². The lowest BCUT2D eigenvalue weighted by Gasteiger charge is -2.34. The second kappa shape index (κ2) is 7.45. The summed E-state index contributed by atoms with van der Waals surface area (Å²) < 4.78 is 23.3. The predicted octanol–water partition coefficient (Wildman–Crippen LogP) is 1.62. The van der Waals surface area contributed by atoms with Gasteiger partial charge in [-0.2, -0.15) is 0 Å². The summed E-state index contributed by atoms with van der Waals surface area (Å²) in [5, 5.41) is 3.07. The number of hydrogen-bond acceptors (Lipinski definition) is 4. The highest BCUT2D eigenvalue weighted by atomic mass is 32.2. The Balaban J connectivity index is 2.21. The molecule has 5 nitrogen and oxygen atoms in total. The highest BCUT2D eigenvalue weighted by Gasteiger charge is 2.33. The van der Waals surface area contributed by atoms with E-state index in [9.17, 15) is 13.2 Å². The molecule has 1 aromatic rings. The molecular formula is C17H26N2O3S. The van der Waals surface area contributed by atoms with Crippen molar-refractivity contribution in [2.24, 2.45) is 5.92 Å². The number of sulfone groups is 1. The Morgan fingerprint density at radius 3 is 2.17 bits per heavy atom. The molecular weight excluding hydrogens is 312 g/mol. The smallest absolute Gasteiger partial charge is 0.242 e. The molecule has 2 atom stereocenters. The maximum Gasteiger partial charge on any atom is 0.242 e. The van der Waals surface area contributed by atoms with Crippen LogP contribution in [0.1, 0.15) is 32.4 Å². The zero-order chi connectivity index (χ0) is 17.0. The first-order valence-corrected chi connectivity index (χ1v) is 9.92. The van der Waals surface area contributed by atoms with Crippen LogP contribution in [0, 0.1) is 5.92 Å². The van der Waals surface area contributed by atoms with Crippen LogP contribution in [0.25, 0.3) is 0 Å². The summed E-state index contributed by atoms with van der Waals surface area (Å²) >= 11 is 0. The first-order valence-electron chi connectivity index (χ1n) is 8.10. The predicted molar refractivity (Wildman–Crippen MR) is 91.9 cm³/mol. The topological polar surface area (TPSA) is 66.5 Å². The first-order chi connectivity index (χ1) is 10.8. The molecule has 1 aliphatic rings. The van der Waals surface area contributed by atoms with E-state index in [0.717, 1.165) is 5.56 Å². The first kappa shape index (κ1) is 17.9. The van der Waals surface area contributed by atoms with Gasteiger partial charge in [0.25, 0.3) is 0 Å². The minimum Gasteiger partial charge on any atom is -0.352 e. The monoisotopic (exact) mass is 338 g/mol. The molecule has 2 rings (SSSR count). The van der Waals surface area contributed by atoms with E-state index in [1.807, 2.05) is 42.2 Å². The van der Waals surface area contributed by atoms with Gasteiger partial charge in [0.2, 0.25) is 5.91 Å². The van der Waals surface area contributed by atoms with E-state index in [2.05, 4.69) is 19.2 Å². The summed E-state index contributed by atoms with van der Waals surface area (Å²) in [6.07, 6.45) is 0. The number of carbonyl (C=O) groups excluding carboxylic acids is 1. The standard InChI is InChI=1S/C17H26N2O3S/c1-13(2)14(3)18-17(20)16(15-7-5-4-6-8-15)19-9-11-23(21,22)12-10-19/h4-8,13-14,16H,9-12H2,1-3H3,(H,18,20)/t14-,16+/m1/s1. The quantitative estimate of drug-likeness (QED) is 0.886. The molecule has 1 N–H and O–H groups in total. The second-order valence-electron chi connectivity index (χ2n) is 6.54. The van der Waals surface area contributed by atoms with Crippen LogP contribution in [0.3, 0.4) is 0 Å². The van der Waals surface area contributed by atoms with E-state index in [1.54, 1.807) is 0 Å². The van der Waals surface area contributed by atoms with E-state index in [4.69, 9.17) is 0 Å². The summed E-state index contributed by atoms with van der Waals surface area (Å²) in [7, 11) is -2.97. The van der Waals surface area contributed by atoms with Crippen molar-refractivity contribution >= 4 is 15.7 Å². The minimum atomic E-state index is -2.97. The minimum absolute atomic E-state index is 0.0586. The van der Waals surface area contributed by atoms with Crippen LogP contribution < -0.4 is 5.32 Å². The molecule has 1 fully saturated rings. The van der Waals surface area contributed by atoms with Crippen LogP contribution in [0.15, 0.2) is 30.3 Å². The fraction of sp³-hybridized carbons (Fsp3) is 0.588. The Hall–Kier alpha value is -1.40. The normalized spacial score (nSPS) is 20.9. The van der Waals surface area contributed by atoms with Gasteiger partial charge >= 0.3 is 0 Å². The molecule has 0 saturated carbocycles. The number of benzene rings is 1. The number of nitrogens with one attached hydrogen (secondary N) is 1. The highest BCUT2D eigenvalue weighted by molar-refractivity contribution is 7.91. The van der Waals surface area contributed by atoms with Gasteiger partial charge in [-0.25, -0.2) is 8.42 Å². The largest absolute Gasteiger partial charge is 0.352 e. The van der Waals surface area contributed by atoms with Crippen LogP contribution in [-0.4, -0.2) is 49.9 Å². The van der Waals surface area contributed by atoms with Gasteiger partial charge < -0.3 is 5.32 Å². The Labute approximate surface area is 139 Å². The molecule has 128 valence electrons. The van der Waals surface area contributed by atoms with Gasteiger partial charge in [-0.15, -0.1) is 0 Å². The van der Waals surface area contributed by atoms with Crippen LogP contribution in [0.2, 0.25) is 0 Å². The van der Waals surface area contributed by atoms with Gasteiger partial charge in [-0.1, -0.05) is 44.2 Å². The fourth-order valence-electron chi connectivity index (χ4n) is 2.62. The lowest BCUT2D eigenvalue weighted by molar-refractivity contribution is -0.127. The number of nitrogens with zero attached hydrogens (tertiary/aromatic N) is 1. The summed E-state index contributed by atoms with van der Waals surface area (Å²) in [6.45, 7) is 6.91. The number of rotatable bonds is 5. The molecule has 1 saturated heterocycles. The Morgan fingerprint density at radius 2 is 1.65 bits per heavy atom. The molecule has 1 amide bonds. The third-order valence-corrected chi connectivity index (χ3v) is 6.09. The highest BCUT2D eigenvalue weighted by Crippen LogP contribution is 2.23.